The molecular formula is C13H28N2. The average Bonchev–Trinajstić information content (AvgIpc) is 2.40. The van der Waals surface area contributed by atoms with E-state index in [4.69, 9.17) is 0 Å². The Kier molecular flexibility index (Phi) is 3.83. The van der Waals surface area contributed by atoms with Gasteiger partial charge in [0.2, 0.25) is 0 Å². The Morgan fingerprint density at radius 1 is 1.33 bits per heavy atom. The number of likely N-dealkylation sites (N-methyl/N-ethyl adjacent to an activating group) is 1. The SMILES string of the molecule is CN(CCC(C)(C)C)C1CNC(C)(C)C1. The van der Waals surface area contributed by atoms with Crippen molar-refractivity contribution in [2.45, 2.75) is 59.0 Å². The quantitative estimate of drug-likeness (QED) is 0.773. The molecule has 90 valence electrons. The molecule has 0 amide bonds. The van der Waals surface area contributed by atoms with Crippen LogP contribution in [0, 0.1) is 5.41 Å². The molecule has 0 saturated carbocycles. The molecule has 1 N–H and O–H groups in total. The van der Waals surface area contributed by atoms with Gasteiger partial charge in [0.05, 0.1) is 0 Å². The van der Waals surface area contributed by atoms with Gasteiger partial charge in [-0.1, -0.05) is 20.8 Å². The minimum Gasteiger partial charge on any atom is -0.310 e. The van der Waals surface area contributed by atoms with E-state index in [1.54, 1.807) is 0 Å². The Bertz CT molecular complexity index is 203. The van der Waals surface area contributed by atoms with Crippen LogP contribution in [0.5, 0.6) is 0 Å². The van der Waals surface area contributed by atoms with Crippen LogP contribution in [0.1, 0.15) is 47.5 Å². The van der Waals surface area contributed by atoms with Crippen molar-refractivity contribution in [1.82, 2.24) is 10.2 Å². The second-order valence-corrected chi connectivity index (χ2v) is 6.91. The van der Waals surface area contributed by atoms with Crippen molar-refractivity contribution in [1.29, 1.82) is 0 Å². The predicted molar refractivity (Wildman–Crippen MR) is 67.2 cm³/mol. The molecule has 0 radical (unpaired) electrons. The van der Waals surface area contributed by atoms with Gasteiger partial charge in [0.25, 0.3) is 0 Å². The van der Waals surface area contributed by atoms with Crippen LogP contribution in [-0.4, -0.2) is 36.6 Å². The summed E-state index contributed by atoms with van der Waals surface area (Å²) in [5.41, 5.74) is 0.788. The summed E-state index contributed by atoms with van der Waals surface area (Å²) >= 11 is 0. The van der Waals surface area contributed by atoms with Gasteiger partial charge in [0, 0.05) is 18.1 Å². The lowest BCUT2D eigenvalue weighted by Crippen LogP contribution is -2.35. The van der Waals surface area contributed by atoms with E-state index in [0.29, 0.717) is 11.0 Å². The molecule has 0 aromatic heterocycles. The minimum absolute atomic E-state index is 0.334. The first-order valence-electron chi connectivity index (χ1n) is 6.15. The van der Waals surface area contributed by atoms with Crippen molar-refractivity contribution in [3.05, 3.63) is 0 Å². The first kappa shape index (κ1) is 13.0. The van der Waals surface area contributed by atoms with Crippen LogP contribution < -0.4 is 5.32 Å². The molecule has 1 saturated heterocycles. The summed E-state index contributed by atoms with van der Waals surface area (Å²) in [6.45, 7) is 13.9. The maximum atomic E-state index is 3.58. The predicted octanol–water partition coefficient (Wildman–Crippen LogP) is 2.49. The molecule has 1 fully saturated rings. The van der Waals surface area contributed by atoms with Gasteiger partial charge in [-0.2, -0.15) is 0 Å². The van der Waals surface area contributed by atoms with Crippen molar-refractivity contribution in [3.63, 3.8) is 0 Å². The molecule has 15 heavy (non-hydrogen) atoms. The van der Waals surface area contributed by atoms with Gasteiger partial charge in [0.1, 0.15) is 0 Å². The number of nitrogens with zero attached hydrogens (tertiary/aromatic N) is 1. The lowest BCUT2D eigenvalue weighted by molar-refractivity contribution is 0.211. The average molecular weight is 212 g/mol. The zero-order valence-corrected chi connectivity index (χ0v) is 11.4. The minimum atomic E-state index is 0.334. The van der Waals surface area contributed by atoms with Gasteiger partial charge >= 0.3 is 0 Å². The Labute approximate surface area is 95.4 Å². The molecular weight excluding hydrogens is 184 g/mol. The van der Waals surface area contributed by atoms with E-state index in [1.807, 2.05) is 0 Å². The highest BCUT2D eigenvalue weighted by molar-refractivity contribution is 4.93. The molecule has 2 heteroatoms. The monoisotopic (exact) mass is 212 g/mol. The second kappa shape index (κ2) is 4.42. The summed E-state index contributed by atoms with van der Waals surface area (Å²) in [5, 5.41) is 3.58. The zero-order chi connectivity index (χ0) is 11.7. The Hall–Kier alpha value is -0.0800. The van der Waals surface area contributed by atoms with Crippen LogP contribution in [0.15, 0.2) is 0 Å². The molecule has 1 rings (SSSR count). The maximum absolute atomic E-state index is 3.58. The fraction of sp³-hybridized carbons (Fsp3) is 1.00. The molecule has 1 heterocycles. The summed E-state index contributed by atoms with van der Waals surface area (Å²) < 4.78 is 0. The van der Waals surface area contributed by atoms with E-state index in [2.05, 4.69) is 51.9 Å². The van der Waals surface area contributed by atoms with Crippen molar-refractivity contribution < 1.29 is 0 Å². The largest absolute Gasteiger partial charge is 0.310 e. The number of nitrogens with one attached hydrogen (secondary N) is 1. The normalized spacial score (nSPS) is 26.2. The van der Waals surface area contributed by atoms with E-state index in [0.717, 1.165) is 12.6 Å². The first-order chi connectivity index (χ1) is 6.70. The van der Waals surface area contributed by atoms with E-state index in [-0.39, 0.29) is 0 Å². The van der Waals surface area contributed by atoms with Gasteiger partial charge in [0.15, 0.2) is 0 Å². The summed E-state index contributed by atoms with van der Waals surface area (Å²) in [5.74, 6) is 0. The third-order valence-corrected chi connectivity index (χ3v) is 3.40. The molecule has 0 bridgehead atoms. The molecule has 0 aliphatic carbocycles. The molecule has 1 unspecified atom stereocenters. The van der Waals surface area contributed by atoms with Gasteiger partial charge in [-0.15, -0.1) is 0 Å². The summed E-state index contributed by atoms with van der Waals surface area (Å²) in [6, 6.07) is 0.724. The first-order valence-corrected chi connectivity index (χ1v) is 6.15. The van der Waals surface area contributed by atoms with Crippen LogP contribution >= 0.6 is 0 Å². The fourth-order valence-corrected chi connectivity index (χ4v) is 2.13. The Morgan fingerprint density at radius 3 is 2.33 bits per heavy atom. The van der Waals surface area contributed by atoms with E-state index in [9.17, 15) is 0 Å². The third kappa shape index (κ3) is 4.52. The fourth-order valence-electron chi connectivity index (χ4n) is 2.13. The van der Waals surface area contributed by atoms with Crippen molar-refractivity contribution in [2.75, 3.05) is 20.1 Å². The number of hydrogen-bond donors (Lipinski definition) is 1. The highest BCUT2D eigenvalue weighted by Crippen LogP contribution is 2.24. The van der Waals surface area contributed by atoms with Crippen LogP contribution in [0.25, 0.3) is 0 Å². The van der Waals surface area contributed by atoms with Crippen LogP contribution in [0.3, 0.4) is 0 Å². The van der Waals surface area contributed by atoms with Gasteiger partial charge in [-0.25, -0.2) is 0 Å². The standard InChI is InChI=1S/C13H28N2/c1-12(2,3)7-8-15(6)11-9-13(4,5)14-10-11/h11,14H,7-10H2,1-6H3. The topological polar surface area (TPSA) is 15.3 Å². The zero-order valence-electron chi connectivity index (χ0n) is 11.4. The van der Waals surface area contributed by atoms with Crippen LogP contribution in [0.2, 0.25) is 0 Å². The molecule has 1 aliphatic heterocycles. The third-order valence-electron chi connectivity index (χ3n) is 3.40. The molecule has 0 spiro atoms. The highest BCUT2D eigenvalue weighted by Gasteiger charge is 2.32. The van der Waals surface area contributed by atoms with E-state index in [1.165, 1.54) is 19.4 Å². The molecule has 2 nitrogen and oxygen atoms in total. The van der Waals surface area contributed by atoms with Crippen molar-refractivity contribution >= 4 is 0 Å². The van der Waals surface area contributed by atoms with Gasteiger partial charge < -0.3 is 10.2 Å². The lowest BCUT2D eigenvalue weighted by Gasteiger charge is -2.28. The number of rotatable bonds is 3. The molecule has 0 aromatic carbocycles. The lowest BCUT2D eigenvalue weighted by atomic mass is 9.91. The molecule has 1 aliphatic rings. The maximum Gasteiger partial charge on any atom is 0.0235 e. The Balaban J connectivity index is 2.33. The molecule has 0 aromatic rings. The van der Waals surface area contributed by atoms with Gasteiger partial charge in [-0.3, -0.25) is 0 Å². The summed E-state index contributed by atoms with van der Waals surface area (Å²) in [4.78, 5) is 2.52. The summed E-state index contributed by atoms with van der Waals surface area (Å²) in [7, 11) is 2.26. The van der Waals surface area contributed by atoms with Crippen LogP contribution in [-0.2, 0) is 0 Å². The highest BCUT2D eigenvalue weighted by atomic mass is 15.2. The van der Waals surface area contributed by atoms with E-state index >= 15 is 0 Å². The smallest absolute Gasteiger partial charge is 0.0235 e. The van der Waals surface area contributed by atoms with Gasteiger partial charge in [-0.05, 0) is 45.7 Å². The van der Waals surface area contributed by atoms with Crippen LogP contribution in [0.4, 0.5) is 0 Å². The molecule has 1 atom stereocenters. The van der Waals surface area contributed by atoms with Crippen molar-refractivity contribution in [2.24, 2.45) is 5.41 Å². The second-order valence-electron chi connectivity index (χ2n) is 6.91. The number of hydrogen-bond acceptors (Lipinski definition) is 2. The van der Waals surface area contributed by atoms with E-state index < -0.39 is 0 Å². The van der Waals surface area contributed by atoms with Crippen molar-refractivity contribution in [3.8, 4) is 0 Å². The Morgan fingerprint density at radius 2 is 1.93 bits per heavy atom. The summed E-state index contributed by atoms with van der Waals surface area (Å²) in [6.07, 6.45) is 2.55.